The molecule has 3 aromatic carbocycles. The summed E-state index contributed by atoms with van der Waals surface area (Å²) in [4.78, 5) is 4.72. The molecule has 0 bridgehead atoms. The molecule has 4 rings (SSSR count). The monoisotopic (exact) mass is 333 g/mol. The Labute approximate surface area is 155 Å². The lowest BCUT2D eigenvalue weighted by atomic mass is 9.94. The first-order chi connectivity index (χ1) is 12.7. The molecule has 0 saturated carbocycles. The maximum Gasteiger partial charge on any atom is 0.139 e. The Morgan fingerprint density at radius 2 is 1.35 bits per heavy atom. The van der Waals surface area contributed by atoms with Crippen molar-refractivity contribution in [3.05, 3.63) is 96.7 Å². The number of hydrogen-bond acceptors (Lipinski definition) is 1. The van der Waals surface area contributed by atoms with Crippen molar-refractivity contribution >= 4 is 13.3 Å². The third-order valence-corrected chi connectivity index (χ3v) is 4.74. The van der Waals surface area contributed by atoms with E-state index in [9.17, 15) is 0 Å². The number of nitrogens with zero attached hydrogens (tertiary/aromatic N) is 1. The molecule has 0 atom stereocenters. The normalized spacial score (nSPS) is 10.7. The largest absolute Gasteiger partial charge is 0.256 e. The molecule has 0 unspecified atom stereocenters. The van der Waals surface area contributed by atoms with E-state index in [1.54, 1.807) is 0 Å². The predicted octanol–water partition coefficient (Wildman–Crippen LogP) is 4.65. The van der Waals surface area contributed by atoms with Gasteiger partial charge in [-0.3, -0.25) is 4.98 Å². The molecule has 4 aromatic rings. The average molecular weight is 333 g/mol. The molecule has 124 valence electrons. The number of aromatic nitrogens is 1. The molecule has 0 aliphatic rings. The van der Waals surface area contributed by atoms with Crippen molar-refractivity contribution in [3.63, 3.8) is 0 Å². The van der Waals surface area contributed by atoms with Crippen LogP contribution in [0, 0.1) is 6.92 Å². The summed E-state index contributed by atoms with van der Waals surface area (Å²) in [6.07, 6.45) is 1.99. The predicted molar refractivity (Wildman–Crippen MR) is 113 cm³/mol. The second-order valence-electron chi connectivity index (χ2n) is 6.70. The Kier molecular flexibility index (Phi) is 4.41. The van der Waals surface area contributed by atoms with E-state index in [4.69, 9.17) is 4.98 Å². The van der Waals surface area contributed by atoms with Crippen LogP contribution in [0.25, 0.3) is 33.5 Å². The van der Waals surface area contributed by atoms with Gasteiger partial charge in [0.05, 0.1) is 5.69 Å². The number of hydrogen-bond donors (Lipinski definition) is 0. The van der Waals surface area contributed by atoms with E-state index in [2.05, 4.69) is 93.6 Å². The molecular formula is C24H20BN. The summed E-state index contributed by atoms with van der Waals surface area (Å²) in [5.41, 5.74) is 9.51. The lowest BCUT2D eigenvalue weighted by molar-refractivity contribution is 1.29. The fraction of sp³-hybridized carbons (Fsp3) is 0.0417. The molecule has 2 heteroatoms. The van der Waals surface area contributed by atoms with Gasteiger partial charge >= 0.3 is 0 Å². The number of pyridine rings is 1. The Hall–Kier alpha value is -3.13. The van der Waals surface area contributed by atoms with Crippen LogP contribution < -0.4 is 5.46 Å². The highest BCUT2D eigenvalue weighted by molar-refractivity contribution is 6.32. The van der Waals surface area contributed by atoms with Crippen molar-refractivity contribution in [1.29, 1.82) is 0 Å². The summed E-state index contributed by atoms with van der Waals surface area (Å²) >= 11 is 0. The van der Waals surface area contributed by atoms with Crippen molar-refractivity contribution in [2.24, 2.45) is 0 Å². The van der Waals surface area contributed by atoms with Gasteiger partial charge in [-0.05, 0) is 41.3 Å². The van der Waals surface area contributed by atoms with Crippen LogP contribution in [0.4, 0.5) is 0 Å². The zero-order chi connectivity index (χ0) is 17.9. The van der Waals surface area contributed by atoms with E-state index < -0.39 is 0 Å². The van der Waals surface area contributed by atoms with Gasteiger partial charge in [-0.25, -0.2) is 0 Å². The Balaban J connectivity index is 1.71. The van der Waals surface area contributed by atoms with E-state index >= 15 is 0 Å². The summed E-state index contributed by atoms with van der Waals surface area (Å²) in [5.74, 6) is 0. The lowest BCUT2D eigenvalue weighted by Gasteiger charge is -2.10. The number of benzene rings is 3. The summed E-state index contributed by atoms with van der Waals surface area (Å²) in [6.45, 7) is 2.16. The third kappa shape index (κ3) is 3.31. The van der Waals surface area contributed by atoms with Crippen LogP contribution in [0.1, 0.15) is 5.56 Å². The molecule has 0 aliphatic heterocycles. The average Bonchev–Trinajstić information content (AvgIpc) is 2.69. The van der Waals surface area contributed by atoms with Crippen molar-refractivity contribution in [3.8, 4) is 33.5 Å². The fourth-order valence-electron chi connectivity index (χ4n) is 3.24. The topological polar surface area (TPSA) is 12.9 Å². The molecule has 0 saturated heterocycles. The van der Waals surface area contributed by atoms with Gasteiger partial charge < -0.3 is 0 Å². The molecule has 26 heavy (non-hydrogen) atoms. The molecule has 0 amide bonds. The zero-order valence-corrected chi connectivity index (χ0v) is 15.1. The van der Waals surface area contributed by atoms with Crippen molar-refractivity contribution in [2.75, 3.05) is 0 Å². The van der Waals surface area contributed by atoms with Crippen LogP contribution in [0.3, 0.4) is 0 Å². The maximum atomic E-state index is 4.72. The smallest absolute Gasteiger partial charge is 0.139 e. The number of rotatable bonds is 3. The molecule has 1 aromatic heterocycles. The summed E-state index contributed by atoms with van der Waals surface area (Å²) in [5, 5.41) is 0. The molecule has 1 nitrogen and oxygen atoms in total. The first kappa shape index (κ1) is 16.3. The third-order valence-electron chi connectivity index (χ3n) is 4.74. The van der Waals surface area contributed by atoms with Crippen LogP contribution in [-0.2, 0) is 0 Å². The highest BCUT2D eigenvalue weighted by Crippen LogP contribution is 2.29. The van der Waals surface area contributed by atoms with Gasteiger partial charge in [-0.15, -0.1) is 0 Å². The van der Waals surface area contributed by atoms with Crippen LogP contribution in [0.15, 0.2) is 91.1 Å². The molecule has 0 N–H and O–H groups in total. The van der Waals surface area contributed by atoms with Crippen molar-refractivity contribution in [1.82, 2.24) is 4.98 Å². The van der Waals surface area contributed by atoms with Gasteiger partial charge in [0, 0.05) is 17.3 Å². The summed E-state index contributed by atoms with van der Waals surface area (Å²) in [6, 6.07) is 29.8. The van der Waals surface area contributed by atoms with Gasteiger partial charge in [0.1, 0.15) is 7.85 Å². The van der Waals surface area contributed by atoms with Gasteiger partial charge in [-0.1, -0.05) is 78.3 Å². The van der Waals surface area contributed by atoms with Crippen molar-refractivity contribution in [2.45, 2.75) is 6.92 Å². The molecule has 1 heterocycles. The molecule has 0 spiro atoms. The van der Waals surface area contributed by atoms with Crippen LogP contribution in [-0.4, -0.2) is 12.8 Å². The van der Waals surface area contributed by atoms with Crippen LogP contribution in [0.5, 0.6) is 0 Å². The highest BCUT2D eigenvalue weighted by Gasteiger charge is 2.07. The molecule has 0 fully saturated rings. The SMILES string of the molecule is Bc1ccc(-c2cc(C)c(-c3cccc(-c4ccccc4)c3)cn2)cc1. The van der Waals surface area contributed by atoms with E-state index in [0.717, 1.165) is 11.3 Å². The van der Waals surface area contributed by atoms with Gasteiger partial charge in [0.15, 0.2) is 0 Å². The minimum absolute atomic E-state index is 1.02. The minimum Gasteiger partial charge on any atom is -0.256 e. The maximum absolute atomic E-state index is 4.72. The zero-order valence-electron chi connectivity index (χ0n) is 15.1. The minimum atomic E-state index is 1.02. The standard InChI is InChI=1S/C24H20BN/c1-17-14-24(19-10-12-22(25)13-11-19)26-16-23(17)21-9-5-8-20(15-21)18-6-3-2-4-7-18/h2-16H,25H2,1H3. The van der Waals surface area contributed by atoms with Crippen LogP contribution >= 0.6 is 0 Å². The fourth-order valence-corrected chi connectivity index (χ4v) is 3.24. The second-order valence-corrected chi connectivity index (χ2v) is 6.70. The van der Waals surface area contributed by atoms with Gasteiger partial charge in [0.25, 0.3) is 0 Å². The van der Waals surface area contributed by atoms with E-state index in [1.165, 1.54) is 33.3 Å². The quantitative estimate of drug-likeness (QED) is 0.497. The molecule has 0 radical (unpaired) electrons. The Morgan fingerprint density at radius 1 is 0.654 bits per heavy atom. The second kappa shape index (κ2) is 7.01. The van der Waals surface area contributed by atoms with E-state index in [-0.39, 0.29) is 0 Å². The van der Waals surface area contributed by atoms with Crippen LogP contribution in [0.2, 0.25) is 0 Å². The Morgan fingerprint density at radius 3 is 2.08 bits per heavy atom. The summed E-state index contributed by atoms with van der Waals surface area (Å²) in [7, 11) is 2.10. The Bertz CT molecular complexity index is 1040. The molecular weight excluding hydrogens is 313 g/mol. The molecule has 0 aliphatic carbocycles. The van der Waals surface area contributed by atoms with Gasteiger partial charge in [-0.2, -0.15) is 0 Å². The number of aryl methyl sites for hydroxylation is 1. The van der Waals surface area contributed by atoms with E-state index in [1.807, 2.05) is 12.3 Å². The first-order valence-corrected chi connectivity index (χ1v) is 8.90. The summed E-state index contributed by atoms with van der Waals surface area (Å²) < 4.78 is 0. The first-order valence-electron chi connectivity index (χ1n) is 8.90. The lowest BCUT2D eigenvalue weighted by Crippen LogP contribution is -1.99. The highest BCUT2D eigenvalue weighted by atomic mass is 14.7. The van der Waals surface area contributed by atoms with Gasteiger partial charge in [0.2, 0.25) is 0 Å². The van der Waals surface area contributed by atoms with Crippen molar-refractivity contribution < 1.29 is 0 Å². The van der Waals surface area contributed by atoms with E-state index in [0.29, 0.717) is 0 Å².